The van der Waals surface area contributed by atoms with Crippen molar-refractivity contribution in [1.29, 1.82) is 0 Å². The Bertz CT molecular complexity index is 920. The molecule has 2 atom stereocenters. The Morgan fingerprint density at radius 3 is 1.50 bits per heavy atom. The Balaban J connectivity index is 2.29. The molecule has 10 heteroatoms. The van der Waals surface area contributed by atoms with Crippen LogP contribution in [-0.2, 0) is 10.2 Å². The SMILES string of the molecule is CC(C)OC(CBr)COc1c(Br)cc(C(C)(C)c2cc(Br)c(OCC(Br)CBr)c(Br)c2)cc1Br. The topological polar surface area (TPSA) is 27.7 Å². The van der Waals surface area contributed by atoms with Crippen molar-refractivity contribution in [2.24, 2.45) is 0 Å². The van der Waals surface area contributed by atoms with Crippen LogP contribution in [0.1, 0.15) is 38.8 Å². The third kappa shape index (κ3) is 8.70. The molecule has 0 fully saturated rings. The Kier molecular flexibility index (Phi) is 13.5. The predicted octanol–water partition coefficient (Wildman–Crippen LogP) is 10.2. The largest absolute Gasteiger partial charge is 0.490 e. The first-order valence-corrected chi connectivity index (χ1v) is 16.9. The van der Waals surface area contributed by atoms with E-state index >= 15 is 0 Å². The molecule has 0 aromatic heterocycles. The van der Waals surface area contributed by atoms with Crippen molar-refractivity contribution in [2.75, 3.05) is 23.9 Å². The highest BCUT2D eigenvalue weighted by Crippen LogP contribution is 2.44. The van der Waals surface area contributed by atoms with Crippen molar-refractivity contribution >= 4 is 112 Å². The van der Waals surface area contributed by atoms with Gasteiger partial charge in [-0.2, -0.15) is 0 Å². The minimum atomic E-state index is -0.278. The lowest BCUT2D eigenvalue weighted by Gasteiger charge is -2.29. The number of hydrogen-bond donors (Lipinski definition) is 0. The van der Waals surface area contributed by atoms with E-state index in [9.17, 15) is 0 Å². The molecule has 0 saturated heterocycles. The van der Waals surface area contributed by atoms with Crippen LogP contribution in [-0.4, -0.2) is 40.9 Å². The number of halogens is 7. The van der Waals surface area contributed by atoms with E-state index in [1.54, 1.807) is 0 Å². The fraction of sp³-hybridized carbons (Fsp3) is 0.500. The van der Waals surface area contributed by atoms with Crippen LogP contribution in [0.3, 0.4) is 0 Å². The maximum Gasteiger partial charge on any atom is 0.147 e. The molecule has 0 aliphatic carbocycles. The highest BCUT2D eigenvalue weighted by atomic mass is 79.9. The van der Waals surface area contributed by atoms with E-state index in [1.807, 2.05) is 13.8 Å². The van der Waals surface area contributed by atoms with Gasteiger partial charge >= 0.3 is 0 Å². The van der Waals surface area contributed by atoms with Gasteiger partial charge in [0.1, 0.15) is 30.8 Å². The molecular weight excluding hydrogens is 896 g/mol. The van der Waals surface area contributed by atoms with Crippen LogP contribution in [0.15, 0.2) is 42.2 Å². The Morgan fingerprint density at radius 1 is 0.735 bits per heavy atom. The van der Waals surface area contributed by atoms with Crippen molar-refractivity contribution in [3.8, 4) is 11.5 Å². The number of hydrogen-bond acceptors (Lipinski definition) is 3. The smallest absolute Gasteiger partial charge is 0.147 e. The van der Waals surface area contributed by atoms with Crippen LogP contribution in [0.4, 0.5) is 0 Å². The third-order valence-corrected chi connectivity index (χ3v) is 10.4. The molecule has 0 spiro atoms. The minimum absolute atomic E-state index is 0.0281. The van der Waals surface area contributed by atoms with Crippen molar-refractivity contribution in [3.63, 3.8) is 0 Å². The molecule has 2 unspecified atom stereocenters. The number of rotatable bonds is 12. The molecule has 0 N–H and O–H groups in total. The van der Waals surface area contributed by atoms with E-state index in [1.165, 1.54) is 0 Å². The first-order valence-electron chi connectivity index (χ1n) is 10.6. The van der Waals surface area contributed by atoms with E-state index in [4.69, 9.17) is 14.2 Å². The van der Waals surface area contributed by atoms with Gasteiger partial charge in [0, 0.05) is 16.1 Å². The van der Waals surface area contributed by atoms with Crippen LogP contribution in [0.5, 0.6) is 11.5 Å². The molecule has 190 valence electrons. The second-order valence-corrected chi connectivity index (χ2v) is 14.5. The lowest BCUT2D eigenvalue weighted by Crippen LogP contribution is -2.26. The lowest BCUT2D eigenvalue weighted by atomic mass is 9.78. The average molecular weight is 923 g/mol. The third-order valence-electron chi connectivity index (χ3n) is 5.07. The van der Waals surface area contributed by atoms with Crippen LogP contribution in [0, 0.1) is 0 Å². The van der Waals surface area contributed by atoms with Crippen molar-refractivity contribution in [1.82, 2.24) is 0 Å². The van der Waals surface area contributed by atoms with Gasteiger partial charge in [0.05, 0.1) is 28.8 Å². The molecule has 3 nitrogen and oxygen atoms in total. The van der Waals surface area contributed by atoms with Crippen molar-refractivity contribution in [3.05, 3.63) is 53.3 Å². The summed E-state index contributed by atoms with van der Waals surface area (Å²) in [6, 6.07) is 8.47. The van der Waals surface area contributed by atoms with Gasteiger partial charge in [-0.05, 0) is 113 Å². The van der Waals surface area contributed by atoms with E-state index in [0.717, 1.165) is 45.8 Å². The highest BCUT2D eigenvalue weighted by Gasteiger charge is 2.28. The van der Waals surface area contributed by atoms with Gasteiger partial charge in [0.25, 0.3) is 0 Å². The molecule has 2 aromatic carbocycles. The normalized spacial score (nSPS) is 13.8. The second kappa shape index (κ2) is 14.5. The maximum absolute atomic E-state index is 6.12. The Morgan fingerprint density at radius 2 is 1.15 bits per heavy atom. The fourth-order valence-electron chi connectivity index (χ4n) is 3.18. The minimum Gasteiger partial charge on any atom is -0.490 e. The number of ether oxygens (including phenoxy) is 3. The number of benzene rings is 2. The van der Waals surface area contributed by atoms with Crippen LogP contribution < -0.4 is 9.47 Å². The zero-order chi connectivity index (χ0) is 25.6. The summed E-state index contributed by atoms with van der Waals surface area (Å²) in [6.45, 7) is 9.46. The molecule has 2 rings (SSSR count). The highest BCUT2D eigenvalue weighted by molar-refractivity contribution is 9.12. The molecule has 0 heterocycles. The quantitative estimate of drug-likeness (QED) is 0.199. The monoisotopic (exact) mass is 916 g/mol. The van der Waals surface area contributed by atoms with Gasteiger partial charge in [-0.1, -0.05) is 61.6 Å². The zero-order valence-corrected chi connectivity index (χ0v) is 30.3. The summed E-state index contributed by atoms with van der Waals surface area (Å²) in [5, 5.41) is 1.53. The first kappa shape index (κ1) is 31.6. The van der Waals surface area contributed by atoms with E-state index in [2.05, 4.69) is 150 Å². The molecule has 34 heavy (non-hydrogen) atoms. The molecule has 0 radical (unpaired) electrons. The van der Waals surface area contributed by atoms with Gasteiger partial charge < -0.3 is 14.2 Å². The number of alkyl halides is 3. The van der Waals surface area contributed by atoms with Crippen LogP contribution in [0.25, 0.3) is 0 Å². The van der Waals surface area contributed by atoms with E-state index < -0.39 is 0 Å². The standard InChI is InChI=1S/C24H27Br7O3/c1-13(2)34-17(10-26)12-33-23-20(30)7-15(8-21(23)31)24(3,4)14-5-18(28)22(19(29)6-14)32-11-16(27)9-25/h5-8,13,16-17H,9-12H2,1-4H3. The van der Waals surface area contributed by atoms with E-state index in [-0.39, 0.29) is 22.5 Å². The van der Waals surface area contributed by atoms with Crippen LogP contribution in [0.2, 0.25) is 0 Å². The Labute approximate surface area is 261 Å². The summed E-state index contributed by atoms with van der Waals surface area (Å²) in [5.41, 5.74) is 2.01. The summed E-state index contributed by atoms with van der Waals surface area (Å²) in [5.74, 6) is 1.56. The summed E-state index contributed by atoms with van der Waals surface area (Å²) in [7, 11) is 0. The maximum atomic E-state index is 6.12. The van der Waals surface area contributed by atoms with Gasteiger partial charge in [0.2, 0.25) is 0 Å². The molecule has 0 amide bonds. The van der Waals surface area contributed by atoms with Gasteiger partial charge in [-0.25, -0.2) is 0 Å². The van der Waals surface area contributed by atoms with Crippen molar-refractivity contribution < 1.29 is 14.2 Å². The van der Waals surface area contributed by atoms with Gasteiger partial charge in [0.15, 0.2) is 0 Å². The van der Waals surface area contributed by atoms with Gasteiger partial charge in [-0.15, -0.1) is 0 Å². The average Bonchev–Trinajstić information content (AvgIpc) is 2.76. The van der Waals surface area contributed by atoms with Gasteiger partial charge in [-0.3, -0.25) is 0 Å². The molecule has 0 saturated carbocycles. The molecule has 0 aliphatic rings. The molecular formula is C24H27Br7O3. The molecule has 2 aromatic rings. The fourth-order valence-corrected chi connectivity index (χ4v) is 6.67. The van der Waals surface area contributed by atoms with Crippen molar-refractivity contribution in [2.45, 2.75) is 50.1 Å². The predicted molar refractivity (Wildman–Crippen MR) is 167 cm³/mol. The second-order valence-electron chi connectivity index (χ2n) is 8.50. The lowest BCUT2D eigenvalue weighted by molar-refractivity contribution is -0.00317. The molecule has 0 aliphatic heterocycles. The summed E-state index contributed by atoms with van der Waals surface area (Å²) in [4.78, 5) is 0.236. The summed E-state index contributed by atoms with van der Waals surface area (Å²) >= 11 is 25.4. The molecule has 0 bridgehead atoms. The first-order chi connectivity index (χ1) is 15.9. The summed E-state index contributed by atoms with van der Waals surface area (Å²) < 4.78 is 21.6. The summed E-state index contributed by atoms with van der Waals surface area (Å²) in [6.07, 6.45) is 0.113. The van der Waals surface area contributed by atoms with Crippen LogP contribution >= 0.6 is 112 Å². The Hall–Kier alpha value is 1.36. The zero-order valence-electron chi connectivity index (χ0n) is 19.2. The van der Waals surface area contributed by atoms with E-state index in [0.29, 0.717) is 18.5 Å².